The number of aromatic nitrogens is 2. The van der Waals surface area contributed by atoms with Crippen molar-refractivity contribution in [3.63, 3.8) is 0 Å². The average molecular weight is 333 g/mol. The number of nitrogens with zero attached hydrogens (tertiary/aromatic N) is 1. The second-order valence-corrected chi connectivity index (χ2v) is 6.79. The van der Waals surface area contributed by atoms with Crippen molar-refractivity contribution < 1.29 is 4.79 Å². The molecular formula is C17H23N3O2S. The summed E-state index contributed by atoms with van der Waals surface area (Å²) >= 11 is 5.11. The van der Waals surface area contributed by atoms with Crippen LogP contribution in [0.5, 0.6) is 0 Å². The lowest BCUT2D eigenvalue weighted by molar-refractivity contribution is 0.0937. The van der Waals surface area contributed by atoms with Crippen molar-refractivity contribution in [1.29, 1.82) is 0 Å². The third kappa shape index (κ3) is 4.07. The van der Waals surface area contributed by atoms with Crippen LogP contribution >= 0.6 is 12.2 Å². The maximum Gasteiger partial charge on any atom is 0.261 e. The van der Waals surface area contributed by atoms with E-state index < -0.39 is 0 Å². The molecule has 0 saturated carbocycles. The monoisotopic (exact) mass is 333 g/mol. The number of fused-ring (bicyclic) bond motifs is 1. The Morgan fingerprint density at radius 2 is 2.00 bits per heavy atom. The van der Waals surface area contributed by atoms with Crippen molar-refractivity contribution in [3.8, 4) is 0 Å². The Kier molecular flexibility index (Phi) is 5.36. The van der Waals surface area contributed by atoms with Gasteiger partial charge in [0.2, 0.25) is 0 Å². The SMILES string of the molecule is CC(C)CCC(C)NC(=O)c1ccc2c(=O)n(C)c(=S)[nH]c2c1. The van der Waals surface area contributed by atoms with Gasteiger partial charge in [-0.05, 0) is 56.1 Å². The fourth-order valence-corrected chi connectivity index (χ4v) is 2.60. The van der Waals surface area contributed by atoms with Gasteiger partial charge < -0.3 is 10.3 Å². The summed E-state index contributed by atoms with van der Waals surface area (Å²) in [6.07, 6.45) is 2.02. The minimum Gasteiger partial charge on any atom is -0.350 e. The molecule has 0 aliphatic carbocycles. The van der Waals surface area contributed by atoms with E-state index in [2.05, 4.69) is 24.1 Å². The van der Waals surface area contributed by atoms with E-state index in [0.29, 0.717) is 27.2 Å². The Balaban J connectivity index is 2.24. The summed E-state index contributed by atoms with van der Waals surface area (Å²) in [6.45, 7) is 6.34. The number of carbonyl (C=O) groups excluding carboxylic acids is 1. The van der Waals surface area contributed by atoms with Gasteiger partial charge in [0, 0.05) is 18.7 Å². The largest absolute Gasteiger partial charge is 0.350 e. The number of hydrogen-bond donors (Lipinski definition) is 2. The number of H-pyrrole nitrogens is 1. The van der Waals surface area contributed by atoms with E-state index in [0.717, 1.165) is 12.8 Å². The van der Waals surface area contributed by atoms with Crippen molar-refractivity contribution in [2.45, 2.75) is 39.7 Å². The highest BCUT2D eigenvalue weighted by Crippen LogP contribution is 2.12. The zero-order valence-corrected chi connectivity index (χ0v) is 14.8. The first-order valence-electron chi connectivity index (χ1n) is 7.83. The zero-order chi connectivity index (χ0) is 17.1. The second kappa shape index (κ2) is 7.08. The van der Waals surface area contributed by atoms with Gasteiger partial charge in [0.05, 0.1) is 10.9 Å². The fourth-order valence-electron chi connectivity index (χ4n) is 2.41. The first kappa shape index (κ1) is 17.4. The van der Waals surface area contributed by atoms with Crippen LogP contribution in [0.25, 0.3) is 10.9 Å². The van der Waals surface area contributed by atoms with Crippen molar-refractivity contribution in [3.05, 3.63) is 38.9 Å². The molecule has 1 aromatic heterocycles. The van der Waals surface area contributed by atoms with Gasteiger partial charge in [-0.15, -0.1) is 0 Å². The molecule has 1 amide bonds. The van der Waals surface area contributed by atoms with Crippen LogP contribution in [-0.4, -0.2) is 21.5 Å². The summed E-state index contributed by atoms with van der Waals surface area (Å²) < 4.78 is 1.72. The van der Waals surface area contributed by atoms with E-state index in [9.17, 15) is 9.59 Å². The molecule has 2 aromatic rings. The van der Waals surface area contributed by atoms with Gasteiger partial charge >= 0.3 is 0 Å². The topological polar surface area (TPSA) is 66.9 Å². The highest BCUT2D eigenvalue weighted by molar-refractivity contribution is 7.71. The molecule has 1 unspecified atom stereocenters. The second-order valence-electron chi connectivity index (χ2n) is 6.40. The molecule has 2 N–H and O–H groups in total. The van der Waals surface area contributed by atoms with E-state index in [1.807, 2.05) is 6.92 Å². The van der Waals surface area contributed by atoms with E-state index in [4.69, 9.17) is 12.2 Å². The third-order valence-corrected chi connectivity index (χ3v) is 4.29. The average Bonchev–Trinajstić information content (AvgIpc) is 2.50. The standard InChI is InChI=1S/C17H23N3O2S/c1-10(2)5-6-11(3)18-15(21)12-7-8-13-14(9-12)19-17(23)20(4)16(13)22/h7-11H,5-6H2,1-4H3,(H,18,21)(H,19,23). The molecule has 2 rings (SSSR count). The molecule has 23 heavy (non-hydrogen) atoms. The maximum atomic E-state index is 12.3. The van der Waals surface area contributed by atoms with Crippen LogP contribution in [0.1, 0.15) is 44.0 Å². The quantitative estimate of drug-likeness (QED) is 0.826. The Bertz CT molecular complexity index is 836. The minimum atomic E-state index is -0.166. The summed E-state index contributed by atoms with van der Waals surface area (Å²) in [6, 6.07) is 5.13. The molecule has 124 valence electrons. The molecule has 1 heterocycles. The van der Waals surface area contributed by atoms with Gasteiger partial charge in [-0.25, -0.2) is 0 Å². The van der Waals surface area contributed by atoms with E-state index >= 15 is 0 Å². The van der Waals surface area contributed by atoms with Gasteiger partial charge in [0.15, 0.2) is 4.77 Å². The summed E-state index contributed by atoms with van der Waals surface area (Å²) in [5.74, 6) is 0.481. The van der Waals surface area contributed by atoms with Crippen LogP contribution < -0.4 is 10.9 Å². The first-order chi connectivity index (χ1) is 10.8. The van der Waals surface area contributed by atoms with Gasteiger partial charge in [0.25, 0.3) is 11.5 Å². The molecule has 0 aliphatic rings. The summed E-state index contributed by atoms with van der Waals surface area (Å²) in [5.41, 5.74) is 0.939. The van der Waals surface area contributed by atoms with Crippen LogP contribution in [0.3, 0.4) is 0 Å². The van der Waals surface area contributed by atoms with Gasteiger partial charge in [-0.3, -0.25) is 14.2 Å². The maximum absolute atomic E-state index is 12.3. The molecule has 0 radical (unpaired) electrons. The summed E-state index contributed by atoms with van der Waals surface area (Å²) in [5, 5.41) is 3.51. The summed E-state index contributed by atoms with van der Waals surface area (Å²) in [4.78, 5) is 27.5. The number of carbonyl (C=O) groups is 1. The highest BCUT2D eigenvalue weighted by Gasteiger charge is 2.12. The Morgan fingerprint density at radius 1 is 1.30 bits per heavy atom. The Hall–Kier alpha value is -1.95. The zero-order valence-electron chi connectivity index (χ0n) is 14.0. The van der Waals surface area contributed by atoms with Crippen LogP contribution in [-0.2, 0) is 7.05 Å². The molecule has 0 fully saturated rings. The first-order valence-corrected chi connectivity index (χ1v) is 8.24. The number of amides is 1. The van der Waals surface area contributed by atoms with Crippen molar-refractivity contribution in [1.82, 2.24) is 14.9 Å². The predicted molar refractivity (Wildman–Crippen MR) is 95.4 cm³/mol. The van der Waals surface area contributed by atoms with Gasteiger partial charge in [-0.2, -0.15) is 0 Å². The number of rotatable bonds is 5. The predicted octanol–water partition coefficient (Wildman–Crippen LogP) is 3.15. The molecule has 0 bridgehead atoms. The molecule has 0 spiro atoms. The van der Waals surface area contributed by atoms with E-state index in [1.54, 1.807) is 25.2 Å². The molecule has 5 nitrogen and oxygen atoms in total. The van der Waals surface area contributed by atoms with Crippen LogP contribution in [0.4, 0.5) is 0 Å². The molecule has 1 aromatic carbocycles. The van der Waals surface area contributed by atoms with E-state index in [-0.39, 0.29) is 17.5 Å². The van der Waals surface area contributed by atoms with Crippen LogP contribution in [0, 0.1) is 10.7 Å². The molecule has 0 saturated heterocycles. The van der Waals surface area contributed by atoms with Crippen LogP contribution in [0.2, 0.25) is 0 Å². The number of hydrogen-bond acceptors (Lipinski definition) is 3. The number of benzene rings is 1. The molecule has 1 atom stereocenters. The lowest BCUT2D eigenvalue weighted by Gasteiger charge is -2.15. The van der Waals surface area contributed by atoms with Crippen molar-refractivity contribution in [2.75, 3.05) is 0 Å². The van der Waals surface area contributed by atoms with E-state index in [1.165, 1.54) is 4.57 Å². The van der Waals surface area contributed by atoms with Gasteiger partial charge in [-0.1, -0.05) is 13.8 Å². The van der Waals surface area contributed by atoms with Crippen molar-refractivity contribution in [2.24, 2.45) is 13.0 Å². The highest BCUT2D eigenvalue weighted by atomic mass is 32.1. The third-order valence-electron chi connectivity index (χ3n) is 3.92. The summed E-state index contributed by atoms with van der Waals surface area (Å²) in [7, 11) is 1.62. The molecular weight excluding hydrogens is 310 g/mol. The lowest BCUT2D eigenvalue weighted by atomic mass is 10.0. The minimum absolute atomic E-state index is 0.114. The van der Waals surface area contributed by atoms with Crippen LogP contribution in [0.15, 0.2) is 23.0 Å². The molecule has 0 aliphatic heterocycles. The molecule has 6 heteroatoms. The Morgan fingerprint density at radius 3 is 2.65 bits per heavy atom. The van der Waals surface area contributed by atoms with Crippen molar-refractivity contribution >= 4 is 29.0 Å². The Labute approximate surface area is 140 Å². The normalized spacial score (nSPS) is 12.6. The number of nitrogens with one attached hydrogen (secondary N) is 2. The number of aromatic amines is 1. The smallest absolute Gasteiger partial charge is 0.261 e. The fraction of sp³-hybridized carbons (Fsp3) is 0.471. The van der Waals surface area contributed by atoms with Gasteiger partial charge in [0.1, 0.15) is 0 Å². The lowest BCUT2D eigenvalue weighted by Crippen LogP contribution is -2.32.